The van der Waals surface area contributed by atoms with Crippen LogP contribution >= 0.6 is 0 Å². The summed E-state index contributed by atoms with van der Waals surface area (Å²) in [7, 11) is 3.00. The summed E-state index contributed by atoms with van der Waals surface area (Å²) < 4.78 is 48.2. The third kappa shape index (κ3) is 5.91. The zero-order chi connectivity index (χ0) is 19.9. The monoisotopic (exact) mass is 382 g/mol. The number of hydrogen-bond acceptors (Lipinski definition) is 5. The van der Waals surface area contributed by atoms with Crippen LogP contribution in [0.3, 0.4) is 0 Å². The zero-order valence-electron chi connectivity index (χ0n) is 14.5. The first-order chi connectivity index (χ1) is 12.8. The number of methoxy groups -OCH3 is 2. The van der Waals surface area contributed by atoms with E-state index < -0.39 is 24.3 Å². The molecule has 0 bridgehead atoms. The van der Waals surface area contributed by atoms with Crippen molar-refractivity contribution in [3.05, 3.63) is 53.6 Å². The number of nitrogens with one attached hydrogen (secondary N) is 1. The highest BCUT2D eigenvalue weighted by Crippen LogP contribution is 2.30. The number of oxime groups is 1. The van der Waals surface area contributed by atoms with Crippen LogP contribution in [0.1, 0.15) is 11.1 Å². The number of rotatable bonds is 7. The van der Waals surface area contributed by atoms with Gasteiger partial charge in [0.2, 0.25) is 0 Å². The largest absolute Gasteiger partial charge is 0.497 e. The molecule has 0 saturated heterocycles. The number of amides is 1. The van der Waals surface area contributed by atoms with Gasteiger partial charge in [0.15, 0.2) is 6.61 Å². The van der Waals surface area contributed by atoms with Crippen molar-refractivity contribution >= 4 is 17.8 Å². The molecule has 27 heavy (non-hydrogen) atoms. The first-order valence-electron chi connectivity index (χ1n) is 7.68. The molecular weight excluding hydrogens is 365 g/mol. The van der Waals surface area contributed by atoms with E-state index in [4.69, 9.17) is 14.3 Å². The average molecular weight is 382 g/mol. The fourth-order valence-corrected chi connectivity index (χ4v) is 2.10. The van der Waals surface area contributed by atoms with Crippen molar-refractivity contribution in [2.75, 3.05) is 26.1 Å². The Balaban J connectivity index is 1.92. The van der Waals surface area contributed by atoms with Crippen LogP contribution in [0.25, 0.3) is 0 Å². The molecule has 2 rings (SSSR count). The van der Waals surface area contributed by atoms with Gasteiger partial charge in [-0.15, -0.1) is 0 Å². The number of anilines is 1. The normalized spacial score (nSPS) is 11.3. The van der Waals surface area contributed by atoms with Crippen molar-refractivity contribution in [3.63, 3.8) is 0 Å². The van der Waals surface area contributed by atoms with Crippen LogP contribution < -0.4 is 14.8 Å². The molecule has 0 aromatic heterocycles. The Morgan fingerprint density at radius 1 is 1.15 bits per heavy atom. The lowest BCUT2D eigenvalue weighted by atomic mass is 10.2. The summed E-state index contributed by atoms with van der Waals surface area (Å²) in [5.74, 6) is 0.459. The summed E-state index contributed by atoms with van der Waals surface area (Å²) in [5.41, 5.74) is -0.281. The number of benzene rings is 2. The molecule has 0 unspecified atom stereocenters. The number of ether oxygens (including phenoxy) is 2. The van der Waals surface area contributed by atoms with Gasteiger partial charge in [-0.25, -0.2) is 0 Å². The van der Waals surface area contributed by atoms with Crippen LogP contribution in [0, 0.1) is 0 Å². The minimum atomic E-state index is -4.49. The second-order valence-electron chi connectivity index (χ2n) is 5.24. The predicted octanol–water partition coefficient (Wildman–Crippen LogP) is 3.71. The minimum absolute atomic E-state index is 0.0110. The first-order valence-corrected chi connectivity index (χ1v) is 7.68. The van der Waals surface area contributed by atoms with E-state index in [9.17, 15) is 18.0 Å². The van der Waals surface area contributed by atoms with E-state index in [1.54, 1.807) is 18.2 Å². The fourth-order valence-electron chi connectivity index (χ4n) is 2.10. The van der Waals surface area contributed by atoms with Crippen LogP contribution in [0.4, 0.5) is 18.9 Å². The van der Waals surface area contributed by atoms with E-state index in [-0.39, 0.29) is 5.69 Å². The topological polar surface area (TPSA) is 69.1 Å². The van der Waals surface area contributed by atoms with Crippen LogP contribution in [0.5, 0.6) is 11.5 Å². The molecule has 6 nitrogen and oxygen atoms in total. The Kier molecular flexibility index (Phi) is 6.64. The maximum Gasteiger partial charge on any atom is 0.416 e. The van der Waals surface area contributed by atoms with Crippen LogP contribution in [0.2, 0.25) is 0 Å². The van der Waals surface area contributed by atoms with E-state index in [0.29, 0.717) is 17.1 Å². The van der Waals surface area contributed by atoms with Crippen molar-refractivity contribution in [1.82, 2.24) is 0 Å². The van der Waals surface area contributed by atoms with Gasteiger partial charge in [0, 0.05) is 11.3 Å². The van der Waals surface area contributed by atoms with Gasteiger partial charge in [-0.2, -0.15) is 13.2 Å². The lowest BCUT2D eigenvalue weighted by Gasteiger charge is -2.09. The highest BCUT2D eigenvalue weighted by Gasteiger charge is 2.30. The van der Waals surface area contributed by atoms with Crippen LogP contribution in [-0.2, 0) is 15.8 Å². The van der Waals surface area contributed by atoms with E-state index in [1.807, 2.05) is 0 Å². The Hall–Kier alpha value is -3.23. The molecule has 0 fully saturated rings. The molecule has 144 valence electrons. The molecule has 0 aliphatic heterocycles. The van der Waals surface area contributed by atoms with Gasteiger partial charge in [0.25, 0.3) is 5.91 Å². The molecule has 0 heterocycles. The van der Waals surface area contributed by atoms with Gasteiger partial charge in [-0.1, -0.05) is 11.2 Å². The van der Waals surface area contributed by atoms with Crippen molar-refractivity contribution in [2.24, 2.45) is 5.16 Å². The SMILES string of the molecule is COc1ccc(OC)c(/C=N/OCC(=O)Nc2cccc(C(F)(F)F)c2)c1. The van der Waals surface area contributed by atoms with Crippen molar-refractivity contribution < 1.29 is 32.3 Å². The molecule has 0 radical (unpaired) electrons. The number of hydrogen-bond donors (Lipinski definition) is 1. The molecule has 2 aromatic rings. The Morgan fingerprint density at radius 3 is 2.59 bits per heavy atom. The summed E-state index contributed by atoms with van der Waals surface area (Å²) in [5, 5.41) is 5.97. The number of halogens is 3. The van der Waals surface area contributed by atoms with Gasteiger partial charge >= 0.3 is 6.18 Å². The third-order valence-corrected chi connectivity index (χ3v) is 3.37. The highest BCUT2D eigenvalue weighted by atomic mass is 19.4. The van der Waals surface area contributed by atoms with E-state index in [1.165, 1.54) is 32.6 Å². The third-order valence-electron chi connectivity index (χ3n) is 3.37. The van der Waals surface area contributed by atoms with E-state index in [0.717, 1.165) is 12.1 Å². The summed E-state index contributed by atoms with van der Waals surface area (Å²) in [6, 6.07) is 9.35. The molecule has 1 N–H and O–H groups in total. The molecule has 0 aliphatic carbocycles. The Labute approximate surface area is 153 Å². The van der Waals surface area contributed by atoms with E-state index in [2.05, 4.69) is 10.5 Å². The number of carbonyl (C=O) groups is 1. The fraction of sp³-hybridized carbons (Fsp3) is 0.222. The molecule has 2 aromatic carbocycles. The second kappa shape index (κ2) is 8.93. The zero-order valence-corrected chi connectivity index (χ0v) is 14.5. The van der Waals surface area contributed by atoms with Gasteiger partial charge in [0.1, 0.15) is 11.5 Å². The number of carbonyl (C=O) groups excluding carboxylic acids is 1. The van der Waals surface area contributed by atoms with Gasteiger partial charge in [-0.05, 0) is 36.4 Å². The molecule has 0 saturated carbocycles. The predicted molar refractivity (Wildman–Crippen MR) is 93.2 cm³/mol. The first kappa shape index (κ1) is 20.1. The maximum absolute atomic E-state index is 12.7. The maximum atomic E-state index is 12.7. The Morgan fingerprint density at radius 2 is 1.93 bits per heavy atom. The highest BCUT2D eigenvalue weighted by molar-refractivity contribution is 5.91. The average Bonchev–Trinajstić information content (AvgIpc) is 2.64. The summed E-state index contributed by atoms with van der Waals surface area (Å²) in [6.07, 6.45) is -3.16. The second-order valence-corrected chi connectivity index (χ2v) is 5.24. The lowest BCUT2D eigenvalue weighted by Crippen LogP contribution is -2.17. The van der Waals surface area contributed by atoms with Gasteiger partial charge in [-0.3, -0.25) is 4.79 Å². The minimum Gasteiger partial charge on any atom is -0.497 e. The van der Waals surface area contributed by atoms with Crippen LogP contribution in [0.15, 0.2) is 47.6 Å². The molecular formula is C18H17F3N2O4. The van der Waals surface area contributed by atoms with Crippen molar-refractivity contribution in [3.8, 4) is 11.5 Å². The van der Waals surface area contributed by atoms with Gasteiger partial charge in [0.05, 0.1) is 26.0 Å². The number of nitrogens with zero attached hydrogens (tertiary/aromatic N) is 1. The lowest BCUT2D eigenvalue weighted by molar-refractivity contribution is -0.137. The molecule has 0 atom stereocenters. The molecule has 9 heteroatoms. The molecule has 0 aliphatic rings. The molecule has 1 amide bonds. The van der Waals surface area contributed by atoms with Crippen molar-refractivity contribution in [1.29, 1.82) is 0 Å². The smallest absolute Gasteiger partial charge is 0.416 e. The van der Waals surface area contributed by atoms with Crippen LogP contribution in [-0.4, -0.2) is 32.9 Å². The standard InChI is InChI=1S/C18H17F3N2O4/c1-25-15-6-7-16(26-2)12(8-15)10-22-27-11-17(24)23-14-5-3-4-13(9-14)18(19,20)21/h3-10H,11H2,1-2H3,(H,23,24)/b22-10+. The summed E-state index contributed by atoms with van der Waals surface area (Å²) in [4.78, 5) is 16.7. The summed E-state index contributed by atoms with van der Waals surface area (Å²) >= 11 is 0. The van der Waals surface area contributed by atoms with Crippen molar-refractivity contribution in [2.45, 2.75) is 6.18 Å². The summed E-state index contributed by atoms with van der Waals surface area (Å²) in [6.45, 7) is -0.473. The van der Waals surface area contributed by atoms with E-state index >= 15 is 0 Å². The van der Waals surface area contributed by atoms with Gasteiger partial charge < -0.3 is 19.6 Å². The quantitative estimate of drug-likeness (QED) is 0.586. The number of alkyl halides is 3. The Bertz CT molecular complexity index is 822. The molecule has 0 spiro atoms.